The van der Waals surface area contributed by atoms with Crippen molar-refractivity contribution in [2.45, 2.75) is 51.7 Å². The van der Waals surface area contributed by atoms with Gasteiger partial charge in [0.05, 0.1) is 13.7 Å². The van der Waals surface area contributed by atoms with Gasteiger partial charge in [-0.1, -0.05) is 12.8 Å². The van der Waals surface area contributed by atoms with Crippen LogP contribution in [0.5, 0.6) is 11.5 Å². The molecule has 1 atom stereocenters. The van der Waals surface area contributed by atoms with E-state index in [2.05, 4.69) is 22.5 Å². The molecule has 0 bridgehead atoms. The zero-order valence-electron chi connectivity index (χ0n) is 14.5. The normalized spacial score (nSPS) is 16.9. The van der Waals surface area contributed by atoms with E-state index in [0.29, 0.717) is 12.6 Å². The molecule has 5 nitrogen and oxygen atoms in total. The fraction of sp³-hybridized carbons (Fsp3) is 0.611. The molecule has 1 saturated carbocycles. The molecule has 0 aliphatic heterocycles. The van der Waals surface area contributed by atoms with Gasteiger partial charge in [0.25, 0.3) is 0 Å². The Morgan fingerprint density at radius 1 is 1.22 bits per heavy atom. The van der Waals surface area contributed by atoms with Gasteiger partial charge in [-0.2, -0.15) is 0 Å². The molecule has 128 valence electrons. The largest absolute Gasteiger partial charge is 0.497 e. The molecular weight excluding hydrogens is 290 g/mol. The summed E-state index contributed by atoms with van der Waals surface area (Å²) in [6.45, 7) is 5.61. The Kier molecular flexibility index (Phi) is 7.04. The summed E-state index contributed by atoms with van der Waals surface area (Å²) >= 11 is 0. The Balaban J connectivity index is 1.83. The summed E-state index contributed by atoms with van der Waals surface area (Å²) in [4.78, 5) is 4.65. The Bertz CT molecular complexity index is 482. The topological polar surface area (TPSA) is 54.9 Å². The summed E-state index contributed by atoms with van der Waals surface area (Å²) < 4.78 is 11.0. The first-order valence-corrected chi connectivity index (χ1v) is 8.56. The maximum absolute atomic E-state index is 5.89. The van der Waals surface area contributed by atoms with Gasteiger partial charge in [-0.3, -0.25) is 0 Å². The highest BCUT2D eigenvalue weighted by Crippen LogP contribution is 2.19. The molecule has 0 amide bonds. The standard InChI is InChI=1S/C18H29N3O2/c1-4-19-18(21-15-7-5-6-8-15)20-13-14(2)23-17-11-9-16(22-3)10-12-17/h9-12,14-15H,4-8,13H2,1-3H3,(H2,19,20,21). The minimum atomic E-state index is 0.0161. The van der Waals surface area contributed by atoms with Crippen molar-refractivity contribution in [3.63, 3.8) is 0 Å². The fourth-order valence-electron chi connectivity index (χ4n) is 2.73. The van der Waals surface area contributed by atoms with E-state index >= 15 is 0 Å². The number of aliphatic imine (C=N–C) groups is 1. The van der Waals surface area contributed by atoms with Gasteiger partial charge in [-0.05, 0) is 51.0 Å². The minimum absolute atomic E-state index is 0.0161. The van der Waals surface area contributed by atoms with Crippen molar-refractivity contribution >= 4 is 5.96 Å². The van der Waals surface area contributed by atoms with Gasteiger partial charge in [0, 0.05) is 12.6 Å². The zero-order chi connectivity index (χ0) is 16.5. The number of hydrogen-bond donors (Lipinski definition) is 2. The Morgan fingerprint density at radius 2 is 1.87 bits per heavy atom. The predicted octanol–water partition coefficient (Wildman–Crippen LogP) is 2.96. The van der Waals surface area contributed by atoms with Gasteiger partial charge >= 0.3 is 0 Å². The van der Waals surface area contributed by atoms with Crippen molar-refractivity contribution in [3.05, 3.63) is 24.3 Å². The van der Waals surface area contributed by atoms with Crippen molar-refractivity contribution < 1.29 is 9.47 Å². The summed E-state index contributed by atoms with van der Waals surface area (Å²) in [5.74, 6) is 2.56. The summed E-state index contributed by atoms with van der Waals surface area (Å²) in [5, 5.41) is 6.83. The van der Waals surface area contributed by atoms with Crippen molar-refractivity contribution in [2.75, 3.05) is 20.2 Å². The Morgan fingerprint density at radius 3 is 2.48 bits per heavy atom. The monoisotopic (exact) mass is 319 g/mol. The van der Waals surface area contributed by atoms with Crippen molar-refractivity contribution in [1.82, 2.24) is 10.6 Å². The lowest BCUT2D eigenvalue weighted by Gasteiger charge is -2.18. The molecule has 0 aromatic heterocycles. The number of hydrogen-bond acceptors (Lipinski definition) is 3. The van der Waals surface area contributed by atoms with Crippen LogP contribution in [0.15, 0.2) is 29.3 Å². The molecule has 1 fully saturated rings. The average Bonchev–Trinajstić information content (AvgIpc) is 3.06. The van der Waals surface area contributed by atoms with Crippen LogP contribution in [0.25, 0.3) is 0 Å². The Hall–Kier alpha value is -1.91. The average molecular weight is 319 g/mol. The van der Waals surface area contributed by atoms with Gasteiger partial charge < -0.3 is 20.1 Å². The lowest BCUT2D eigenvalue weighted by Crippen LogP contribution is -2.42. The molecule has 0 saturated heterocycles. The molecule has 1 aliphatic rings. The van der Waals surface area contributed by atoms with E-state index in [1.54, 1.807) is 7.11 Å². The van der Waals surface area contributed by atoms with Crippen LogP contribution in [0, 0.1) is 0 Å². The van der Waals surface area contributed by atoms with Crippen LogP contribution < -0.4 is 20.1 Å². The van der Waals surface area contributed by atoms with Crippen molar-refractivity contribution in [3.8, 4) is 11.5 Å². The quantitative estimate of drug-likeness (QED) is 0.599. The zero-order valence-corrected chi connectivity index (χ0v) is 14.5. The first-order valence-electron chi connectivity index (χ1n) is 8.56. The second-order valence-electron chi connectivity index (χ2n) is 5.95. The van der Waals surface area contributed by atoms with Crippen LogP contribution in [0.1, 0.15) is 39.5 Å². The number of rotatable bonds is 7. The number of benzene rings is 1. The van der Waals surface area contributed by atoms with E-state index < -0.39 is 0 Å². The summed E-state index contributed by atoms with van der Waals surface area (Å²) in [6.07, 6.45) is 5.12. The third-order valence-corrected chi connectivity index (χ3v) is 3.94. The molecule has 0 spiro atoms. The molecule has 1 unspecified atom stereocenters. The summed E-state index contributed by atoms with van der Waals surface area (Å²) in [5.41, 5.74) is 0. The van der Waals surface area contributed by atoms with E-state index in [-0.39, 0.29) is 6.10 Å². The van der Waals surface area contributed by atoms with Gasteiger partial charge in [0.1, 0.15) is 17.6 Å². The SMILES string of the molecule is CCNC(=NCC(C)Oc1ccc(OC)cc1)NC1CCCC1. The number of nitrogens with zero attached hydrogens (tertiary/aromatic N) is 1. The third kappa shape index (κ3) is 6.00. The van der Waals surface area contributed by atoms with E-state index in [1.807, 2.05) is 31.2 Å². The lowest BCUT2D eigenvalue weighted by atomic mass is 10.2. The second kappa shape index (κ2) is 9.28. The van der Waals surface area contributed by atoms with Crippen LogP contribution in [-0.4, -0.2) is 38.3 Å². The summed E-state index contributed by atoms with van der Waals surface area (Å²) in [6, 6.07) is 8.20. The first kappa shape index (κ1) is 17.4. The Labute approximate surface area is 139 Å². The third-order valence-electron chi connectivity index (χ3n) is 3.94. The number of ether oxygens (including phenoxy) is 2. The van der Waals surface area contributed by atoms with E-state index in [4.69, 9.17) is 9.47 Å². The minimum Gasteiger partial charge on any atom is -0.497 e. The molecule has 2 N–H and O–H groups in total. The lowest BCUT2D eigenvalue weighted by molar-refractivity contribution is 0.230. The van der Waals surface area contributed by atoms with Gasteiger partial charge in [0.2, 0.25) is 0 Å². The molecule has 2 rings (SSSR count). The van der Waals surface area contributed by atoms with Crippen LogP contribution in [0.2, 0.25) is 0 Å². The van der Waals surface area contributed by atoms with Gasteiger partial charge in [0.15, 0.2) is 5.96 Å². The molecule has 1 aromatic rings. The predicted molar refractivity (Wildman–Crippen MR) is 94.5 cm³/mol. The molecule has 5 heteroatoms. The smallest absolute Gasteiger partial charge is 0.191 e. The van der Waals surface area contributed by atoms with E-state index in [0.717, 1.165) is 24.0 Å². The molecule has 0 heterocycles. The van der Waals surface area contributed by atoms with Crippen LogP contribution in [0.3, 0.4) is 0 Å². The maximum Gasteiger partial charge on any atom is 0.191 e. The van der Waals surface area contributed by atoms with Crippen LogP contribution in [0.4, 0.5) is 0 Å². The summed E-state index contributed by atoms with van der Waals surface area (Å²) in [7, 11) is 1.66. The molecule has 1 aromatic carbocycles. The van der Waals surface area contributed by atoms with Crippen molar-refractivity contribution in [1.29, 1.82) is 0 Å². The van der Waals surface area contributed by atoms with Gasteiger partial charge in [-0.25, -0.2) is 4.99 Å². The highest BCUT2D eigenvalue weighted by atomic mass is 16.5. The van der Waals surface area contributed by atoms with Gasteiger partial charge in [-0.15, -0.1) is 0 Å². The van der Waals surface area contributed by atoms with Crippen molar-refractivity contribution in [2.24, 2.45) is 4.99 Å². The van der Waals surface area contributed by atoms with E-state index in [9.17, 15) is 0 Å². The second-order valence-corrected chi connectivity index (χ2v) is 5.95. The van der Waals surface area contributed by atoms with Crippen LogP contribution >= 0.6 is 0 Å². The molecule has 0 radical (unpaired) electrons. The maximum atomic E-state index is 5.89. The number of nitrogens with one attached hydrogen (secondary N) is 2. The molecule has 1 aliphatic carbocycles. The van der Waals surface area contributed by atoms with E-state index in [1.165, 1.54) is 25.7 Å². The highest BCUT2D eigenvalue weighted by Gasteiger charge is 2.16. The number of guanidine groups is 1. The highest BCUT2D eigenvalue weighted by molar-refractivity contribution is 5.80. The molecule has 23 heavy (non-hydrogen) atoms. The first-order chi connectivity index (χ1) is 11.2. The molecular formula is C18H29N3O2. The van der Waals surface area contributed by atoms with Crippen LogP contribution in [-0.2, 0) is 0 Å². The fourth-order valence-corrected chi connectivity index (χ4v) is 2.73. The number of methoxy groups -OCH3 is 1.